The van der Waals surface area contributed by atoms with Crippen LogP contribution < -0.4 is 10.3 Å². The number of hydrogen-bond donors (Lipinski definition) is 2. The molecule has 2 saturated heterocycles. The van der Waals surface area contributed by atoms with E-state index in [9.17, 15) is 23.9 Å². The van der Waals surface area contributed by atoms with E-state index in [2.05, 4.69) is 28.0 Å². The Morgan fingerprint density at radius 3 is 2.16 bits per heavy atom. The number of anilines is 2. The number of carbonyl (C=O) groups excluding carboxylic acids is 4. The monoisotopic (exact) mass is 815 g/mol. The maximum atomic E-state index is 15.3. The number of halogens is 3. The van der Waals surface area contributed by atoms with Crippen LogP contribution >= 0.6 is 34.2 Å². The zero-order valence-electron chi connectivity index (χ0n) is 27.6. The number of fused-ring (bicyclic) bond motifs is 4. The van der Waals surface area contributed by atoms with Crippen molar-refractivity contribution in [3.05, 3.63) is 133 Å². The van der Waals surface area contributed by atoms with E-state index < -0.39 is 52.6 Å². The highest BCUT2D eigenvalue weighted by atomic mass is 127. The summed E-state index contributed by atoms with van der Waals surface area (Å²) in [5.41, 5.74) is 5.58. The average Bonchev–Trinajstić information content (AvgIpc) is 3.49. The molecule has 258 valence electrons. The molecule has 3 fully saturated rings. The zero-order chi connectivity index (χ0) is 35.9. The number of nitrogens with zero attached hydrogens (tertiary/aromatic N) is 2. The SMILES string of the molecule is Cc1cc([C@H]2C3=CC[C@@H]4C(=O)N(c5ccc(I)cc5)C(=O)[C@@H]4[C@@H]3C[C@H]3C(=O)N(Nc4ccc(F)cc4)C(=O)[C@@]23c2ccc(Cl)cc2)cc(C)c1O. The maximum Gasteiger partial charge on any atom is 0.260 e. The van der Waals surface area contributed by atoms with Crippen molar-refractivity contribution in [1.82, 2.24) is 5.01 Å². The molecule has 51 heavy (non-hydrogen) atoms. The summed E-state index contributed by atoms with van der Waals surface area (Å²) < 4.78 is 14.8. The van der Waals surface area contributed by atoms with Gasteiger partial charge in [-0.25, -0.2) is 4.39 Å². The molecule has 11 heteroatoms. The van der Waals surface area contributed by atoms with Gasteiger partial charge in [0.15, 0.2) is 0 Å². The molecule has 2 heterocycles. The normalized spacial score (nSPS) is 26.9. The average molecular weight is 816 g/mol. The molecule has 1 saturated carbocycles. The van der Waals surface area contributed by atoms with E-state index >= 15 is 4.79 Å². The molecule has 0 spiro atoms. The van der Waals surface area contributed by atoms with E-state index in [0.29, 0.717) is 38.7 Å². The van der Waals surface area contributed by atoms with Gasteiger partial charge in [0.1, 0.15) is 11.6 Å². The summed E-state index contributed by atoms with van der Waals surface area (Å²) >= 11 is 8.54. The van der Waals surface area contributed by atoms with Gasteiger partial charge >= 0.3 is 0 Å². The first kappa shape index (κ1) is 33.6. The Morgan fingerprint density at radius 1 is 0.863 bits per heavy atom. The largest absolute Gasteiger partial charge is 0.507 e. The van der Waals surface area contributed by atoms with Gasteiger partial charge in [-0.3, -0.25) is 29.5 Å². The van der Waals surface area contributed by atoms with E-state index in [0.717, 1.165) is 14.2 Å². The van der Waals surface area contributed by atoms with Crippen LogP contribution in [0.15, 0.2) is 96.6 Å². The van der Waals surface area contributed by atoms with Crippen molar-refractivity contribution in [3.63, 3.8) is 0 Å². The van der Waals surface area contributed by atoms with E-state index in [1.54, 1.807) is 50.2 Å². The molecule has 8 nitrogen and oxygen atoms in total. The van der Waals surface area contributed by atoms with Crippen LogP contribution in [0.1, 0.15) is 41.0 Å². The van der Waals surface area contributed by atoms with Crippen LogP contribution in [0.25, 0.3) is 0 Å². The van der Waals surface area contributed by atoms with E-state index in [1.165, 1.54) is 29.2 Å². The molecule has 4 aliphatic rings. The number of carbonyl (C=O) groups is 4. The lowest BCUT2D eigenvalue weighted by Crippen LogP contribution is -2.53. The smallest absolute Gasteiger partial charge is 0.260 e. The summed E-state index contributed by atoms with van der Waals surface area (Å²) in [4.78, 5) is 59.8. The first-order valence-corrected chi connectivity index (χ1v) is 18.2. The van der Waals surface area contributed by atoms with Gasteiger partial charge < -0.3 is 5.11 Å². The topological polar surface area (TPSA) is 107 Å². The Hall–Kier alpha value is -4.55. The highest BCUT2D eigenvalue weighted by Crippen LogP contribution is 2.64. The van der Waals surface area contributed by atoms with E-state index in [-0.39, 0.29) is 30.4 Å². The number of benzene rings is 4. The molecule has 6 atom stereocenters. The third-order valence-electron chi connectivity index (χ3n) is 11.2. The molecule has 4 aromatic carbocycles. The fourth-order valence-electron chi connectivity index (χ4n) is 9.03. The predicted molar refractivity (Wildman–Crippen MR) is 198 cm³/mol. The van der Waals surface area contributed by atoms with Crippen molar-refractivity contribution in [2.45, 2.75) is 38.0 Å². The van der Waals surface area contributed by atoms with Crippen LogP contribution in [-0.2, 0) is 24.6 Å². The first-order valence-electron chi connectivity index (χ1n) is 16.7. The lowest BCUT2D eigenvalue weighted by Gasteiger charge is -2.50. The molecular weight excluding hydrogens is 784 g/mol. The summed E-state index contributed by atoms with van der Waals surface area (Å²) in [5, 5.41) is 12.3. The number of phenols is 1. The number of hydrogen-bond acceptors (Lipinski definition) is 6. The second-order valence-corrected chi connectivity index (χ2v) is 15.5. The van der Waals surface area contributed by atoms with Crippen molar-refractivity contribution in [2.24, 2.45) is 23.7 Å². The molecule has 0 unspecified atom stereocenters. The summed E-state index contributed by atoms with van der Waals surface area (Å²) in [6, 6.07) is 23.2. The van der Waals surface area contributed by atoms with Crippen LogP contribution in [0.3, 0.4) is 0 Å². The quantitative estimate of drug-likeness (QED) is 0.122. The molecule has 0 radical (unpaired) electrons. The van der Waals surface area contributed by atoms with Crippen LogP contribution in [0.4, 0.5) is 15.8 Å². The number of phenolic OH excluding ortho intramolecular Hbond substituents is 1. The molecule has 0 aromatic heterocycles. The number of aromatic hydroxyl groups is 1. The molecule has 0 bridgehead atoms. The third kappa shape index (κ3) is 5.04. The molecule has 4 aromatic rings. The summed E-state index contributed by atoms with van der Waals surface area (Å²) in [7, 11) is 0. The van der Waals surface area contributed by atoms with Gasteiger partial charge in [0.25, 0.3) is 11.8 Å². The fraction of sp³-hybridized carbons (Fsp3) is 0.250. The predicted octanol–water partition coefficient (Wildman–Crippen LogP) is 7.60. The van der Waals surface area contributed by atoms with Crippen LogP contribution in [0, 0.1) is 46.9 Å². The van der Waals surface area contributed by atoms with Gasteiger partial charge in [0, 0.05) is 14.5 Å². The zero-order valence-corrected chi connectivity index (χ0v) is 30.5. The summed E-state index contributed by atoms with van der Waals surface area (Å²) in [6.07, 6.45) is 2.42. The number of rotatable bonds is 5. The second kappa shape index (κ2) is 12.3. The van der Waals surface area contributed by atoms with Gasteiger partial charge in [0.2, 0.25) is 11.8 Å². The van der Waals surface area contributed by atoms with Crippen molar-refractivity contribution >= 4 is 69.2 Å². The van der Waals surface area contributed by atoms with Crippen LogP contribution in [0.5, 0.6) is 5.75 Å². The Morgan fingerprint density at radius 2 is 1.51 bits per heavy atom. The fourth-order valence-corrected chi connectivity index (χ4v) is 9.52. The van der Waals surface area contributed by atoms with E-state index in [1.807, 2.05) is 30.3 Å². The van der Waals surface area contributed by atoms with Crippen molar-refractivity contribution in [2.75, 3.05) is 10.3 Å². The minimum Gasteiger partial charge on any atom is -0.507 e. The Labute approximate surface area is 312 Å². The minimum absolute atomic E-state index is 0.124. The van der Waals surface area contributed by atoms with Crippen LogP contribution in [0.2, 0.25) is 5.02 Å². The standard InChI is InChI=1S/C40H32ClFIN3O5/c1-20-17-22(18-21(2)35(20)47)34-29-15-16-30-33(38(50)45(36(30)48)28-13-9-26(43)10-14-28)31(29)19-32-37(49)46(44-27-11-7-25(42)8-12-27)39(51)40(32,34)23-3-5-24(41)6-4-23/h3-15,17-18,30-34,44,47H,16,19H2,1-2H3/t30-,31+,32-,33-,34-,40+/m0/s1. The lowest BCUT2D eigenvalue weighted by atomic mass is 9.49. The minimum atomic E-state index is -1.50. The molecule has 2 N–H and O–H groups in total. The lowest BCUT2D eigenvalue weighted by molar-refractivity contribution is -0.138. The molecule has 4 amide bonds. The van der Waals surface area contributed by atoms with Gasteiger partial charge in [-0.1, -0.05) is 47.5 Å². The van der Waals surface area contributed by atoms with Gasteiger partial charge in [-0.05, 0) is 138 Å². The van der Waals surface area contributed by atoms with Gasteiger partial charge in [0.05, 0.1) is 34.5 Å². The highest BCUT2D eigenvalue weighted by Gasteiger charge is 2.70. The number of nitrogens with one attached hydrogen (secondary N) is 1. The summed E-state index contributed by atoms with van der Waals surface area (Å²) in [5.74, 6) is -5.58. The van der Waals surface area contributed by atoms with Crippen molar-refractivity contribution in [3.8, 4) is 5.75 Å². The Bertz CT molecular complexity index is 2150. The highest BCUT2D eigenvalue weighted by molar-refractivity contribution is 14.1. The Balaban J connectivity index is 1.34. The number of hydrazine groups is 1. The van der Waals surface area contributed by atoms with Crippen LogP contribution in [-0.4, -0.2) is 33.7 Å². The van der Waals surface area contributed by atoms with E-state index in [4.69, 9.17) is 11.6 Å². The van der Waals surface area contributed by atoms with Crippen molar-refractivity contribution < 1.29 is 28.7 Å². The molecule has 8 rings (SSSR count). The molecular formula is C40H32ClFIN3O5. The number of amides is 4. The van der Waals surface area contributed by atoms with Crippen molar-refractivity contribution in [1.29, 1.82) is 0 Å². The maximum absolute atomic E-state index is 15.3. The molecule has 2 aliphatic carbocycles. The third-order valence-corrected chi connectivity index (χ3v) is 12.2. The first-order chi connectivity index (χ1) is 24.4. The Kier molecular flexibility index (Phi) is 8.10. The second-order valence-electron chi connectivity index (χ2n) is 13.9. The molecule has 2 aliphatic heterocycles. The summed E-state index contributed by atoms with van der Waals surface area (Å²) in [6.45, 7) is 3.57. The van der Waals surface area contributed by atoms with Gasteiger partial charge in [-0.15, -0.1) is 0 Å². The number of imide groups is 2. The van der Waals surface area contributed by atoms with Gasteiger partial charge in [-0.2, -0.15) is 5.01 Å². The number of aryl methyl sites for hydroxylation is 2. The number of allylic oxidation sites excluding steroid dienone is 2.